The Morgan fingerprint density at radius 2 is 2.00 bits per heavy atom. The second kappa shape index (κ2) is 9.79. The van der Waals surface area contributed by atoms with Gasteiger partial charge in [-0.1, -0.05) is 12.8 Å². The maximum atomic E-state index is 12.2. The van der Waals surface area contributed by atoms with Gasteiger partial charge in [0.05, 0.1) is 14.2 Å². The van der Waals surface area contributed by atoms with Crippen LogP contribution in [0.5, 0.6) is 11.5 Å². The lowest BCUT2D eigenvalue weighted by Crippen LogP contribution is -2.44. The summed E-state index contributed by atoms with van der Waals surface area (Å²) >= 11 is 1.64. The molecule has 1 aromatic rings. The average Bonchev–Trinajstić information content (AvgIpc) is 2.62. The van der Waals surface area contributed by atoms with E-state index >= 15 is 0 Å². The Labute approximate surface area is 148 Å². The molecule has 2 rings (SSSR count). The molecule has 2 atom stereocenters. The SMILES string of the molecule is COc1ccc(SCCC(=O)NC2CCCCC2CN)cc1OC. The molecule has 1 aliphatic rings. The van der Waals surface area contributed by atoms with Crippen LogP contribution in [0.25, 0.3) is 0 Å². The zero-order chi connectivity index (χ0) is 17.4. The first-order valence-corrected chi connectivity index (χ1v) is 9.50. The quantitative estimate of drug-likeness (QED) is 0.704. The molecule has 0 heterocycles. The highest BCUT2D eigenvalue weighted by molar-refractivity contribution is 7.99. The van der Waals surface area contributed by atoms with E-state index in [9.17, 15) is 4.79 Å². The lowest BCUT2D eigenvalue weighted by molar-refractivity contribution is -0.121. The summed E-state index contributed by atoms with van der Waals surface area (Å²) in [6.07, 6.45) is 5.09. The Balaban J connectivity index is 1.78. The molecule has 0 aromatic heterocycles. The number of carbonyl (C=O) groups is 1. The van der Waals surface area contributed by atoms with Gasteiger partial charge in [-0.2, -0.15) is 0 Å². The van der Waals surface area contributed by atoms with Gasteiger partial charge in [0.1, 0.15) is 0 Å². The van der Waals surface area contributed by atoms with E-state index in [1.807, 2.05) is 18.2 Å². The fraction of sp³-hybridized carbons (Fsp3) is 0.611. The van der Waals surface area contributed by atoms with Crippen LogP contribution in [-0.2, 0) is 4.79 Å². The predicted molar refractivity (Wildman–Crippen MR) is 97.8 cm³/mol. The van der Waals surface area contributed by atoms with Crippen molar-refractivity contribution in [1.82, 2.24) is 5.32 Å². The van der Waals surface area contributed by atoms with Crippen LogP contribution in [0.2, 0.25) is 0 Å². The molecule has 2 unspecified atom stereocenters. The van der Waals surface area contributed by atoms with Crippen molar-refractivity contribution in [2.45, 2.75) is 43.0 Å². The van der Waals surface area contributed by atoms with Gasteiger partial charge in [-0.3, -0.25) is 4.79 Å². The van der Waals surface area contributed by atoms with Crippen LogP contribution in [0.15, 0.2) is 23.1 Å². The van der Waals surface area contributed by atoms with Gasteiger partial charge in [-0.05, 0) is 43.5 Å². The maximum Gasteiger partial charge on any atom is 0.221 e. The molecule has 134 valence electrons. The van der Waals surface area contributed by atoms with Gasteiger partial charge in [-0.25, -0.2) is 0 Å². The van der Waals surface area contributed by atoms with Crippen molar-refractivity contribution in [3.05, 3.63) is 18.2 Å². The number of methoxy groups -OCH3 is 2. The smallest absolute Gasteiger partial charge is 0.221 e. The van der Waals surface area contributed by atoms with Gasteiger partial charge in [-0.15, -0.1) is 11.8 Å². The minimum Gasteiger partial charge on any atom is -0.493 e. The first-order chi connectivity index (χ1) is 11.7. The van der Waals surface area contributed by atoms with Gasteiger partial charge in [0, 0.05) is 23.1 Å². The van der Waals surface area contributed by atoms with Crippen LogP contribution in [0.4, 0.5) is 0 Å². The van der Waals surface area contributed by atoms with Crippen LogP contribution in [0, 0.1) is 5.92 Å². The molecule has 0 spiro atoms. The summed E-state index contributed by atoms with van der Waals surface area (Å²) in [5.74, 6) is 2.71. The monoisotopic (exact) mass is 352 g/mol. The molecule has 0 saturated heterocycles. The summed E-state index contributed by atoms with van der Waals surface area (Å²) in [7, 11) is 3.24. The molecule has 0 aliphatic heterocycles. The predicted octanol–water partition coefficient (Wildman–Crippen LogP) is 2.82. The third-order valence-corrected chi connectivity index (χ3v) is 5.51. The summed E-state index contributed by atoms with van der Waals surface area (Å²) in [6, 6.07) is 6.06. The minimum atomic E-state index is 0.119. The van der Waals surface area contributed by atoms with E-state index in [1.165, 1.54) is 12.8 Å². The van der Waals surface area contributed by atoms with E-state index in [4.69, 9.17) is 15.2 Å². The van der Waals surface area contributed by atoms with Crippen molar-refractivity contribution in [2.75, 3.05) is 26.5 Å². The summed E-state index contributed by atoms with van der Waals surface area (Å²) in [4.78, 5) is 13.2. The second-order valence-corrected chi connectivity index (χ2v) is 7.24. The minimum absolute atomic E-state index is 0.119. The number of thioether (sulfide) groups is 1. The number of amides is 1. The van der Waals surface area contributed by atoms with Crippen LogP contribution in [0.1, 0.15) is 32.1 Å². The highest BCUT2D eigenvalue weighted by Crippen LogP contribution is 2.32. The molecule has 5 nitrogen and oxygen atoms in total. The molecule has 6 heteroatoms. The van der Waals surface area contributed by atoms with E-state index in [2.05, 4.69) is 5.32 Å². The molecule has 1 aliphatic carbocycles. The van der Waals surface area contributed by atoms with Crippen molar-refractivity contribution < 1.29 is 14.3 Å². The Kier molecular flexibility index (Phi) is 7.72. The van der Waals surface area contributed by atoms with Gasteiger partial charge < -0.3 is 20.5 Å². The van der Waals surface area contributed by atoms with E-state index in [0.717, 1.165) is 23.5 Å². The first-order valence-electron chi connectivity index (χ1n) is 8.52. The third-order valence-electron chi connectivity index (χ3n) is 4.51. The number of nitrogens with two attached hydrogens (primary N) is 1. The Hall–Kier alpha value is -1.40. The second-order valence-electron chi connectivity index (χ2n) is 6.07. The molecule has 0 radical (unpaired) electrons. The summed E-state index contributed by atoms with van der Waals surface area (Å²) < 4.78 is 10.5. The highest BCUT2D eigenvalue weighted by atomic mass is 32.2. The number of rotatable bonds is 8. The standard InChI is InChI=1S/C18H28N2O3S/c1-22-16-8-7-14(11-17(16)23-2)24-10-9-18(21)20-15-6-4-3-5-13(15)12-19/h7-8,11,13,15H,3-6,9-10,12,19H2,1-2H3,(H,20,21). The van der Waals surface area contributed by atoms with Gasteiger partial charge in [0.15, 0.2) is 11.5 Å². The van der Waals surface area contributed by atoms with Crippen molar-refractivity contribution >= 4 is 17.7 Å². The molecular formula is C18H28N2O3S. The average molecular weight is 353 g/mol. The molecule has 1 saturated carbocycles. The van der Waals surface area contributed by atoms with Crippen molar-refractivity contribution in [3.63, 3.8) is 0 Å². The first kappa shape index (κ1) is 18.9. The molecule has 1 aromatic carbocycles. The van der Waals surface area contributed by atoms with Crippen molar-refractivity contribution in [3.8, 4) is 11.5 Å². The largest absolute Gasteiger partial charge is 0.493 e. The lowest BCUT2D eigenvalue weighted by Gasteiger charge is -2.31. The van der Waals surface area contributed by atoms with Crippen molar-refractivity contribution in [2.24, 2.45) is 11.7 Å². The number of hydrogen-bond acceptors (Lipinski definition) is 5. The number of hydrogen-bond donors (Lipinski definition) is 2. The Morgan fingerprint density at radius 1 is 1.25 bits per heavy atom. The molecular weight excluding hydrogens is 324 g/mol. The maximum absolute atomic E-state index is 12.2. The highest BCUT2D eigenvalue weighted by Gasteiger charge is 2.25. The van der Waals surface area contributed by atoms with Gasteiger partial charge in [0.25, 0.3) is 0 Å². The Bertz CT molecular complexity index is 539. The summed E-state index contributed by atoms with van der Waals surface area (Å²) in [6.45, 7) is 0.658. The number of benzene rings is 1. The molecule has 24 heavy (non-hydrogen) atoms. The zero-order valence-electron chi connectivity index (χ0n) is 14.5. The van der Waals surface area contributed by atoms with Crippen LogP contribution in [0.3, 0.4) is 0 Å². The Morgan fingerprint density at radius 3 is 2.71 bits per heavy atom. The number of nitrogens with one attached hydrogen (secondary N) is 1. The van der Waals surface area contributed by atoms with E-state index in [0.29, 0.717) is 30.4 Å². The summed E-state index contributed by atoms with van der Waals surface area (Å²) in [5.41, 5.74) is 5.82. The zero-order valence-corrected chi connectivity index (χ0v) is 15.4. The van der Waals surface area contributed by atoms with Gasteiger partial charge in [0.2, 0.25) is 5.91 Å². The number of carbonyl (C=O) groups excluding carboxylic acids is 1. The van der Waals surface area contributed by atoms with Crippen molar-refractivity contribution in [1.29, 1.82) is 0 Å². The molecule has 3 N–H and O–H groups in total. The van der Waals surface area contributed by atoms with Crippen LogP contribution >= 0.6 is 11.8 Å². The van der Waals surface area contributed by atoms with E-state index < -0.39 is 0 Å². The van der Waals surface area contributed by atoms with E-state index in [1.54, 1.807) is 26.0 Å². The topological polar surface area (TPSA) is 73.6 Å². The van der Waals surface area contributed by atoms with Crippen LogP contribution in [-0.4, -0.2) is 38.5 Å². The van der Waals surface area contributed by atoms with Gasteiger partial charge >= 0.3 is 0 Å². The normalized spacial score (nSPS) is 20.5. The molecule has 1 fully saturated rings. The fourth-order valence-corrected chi connectivity index (χ4v) is 4.00. The lowest BCUT2D eigenvalue weighted by atomic mass is 9.84. The fourth-order valence-electron chi connectivity index (χ4n) is 3.13. The molecule has 1 amide bonds. The van der Waals surface area contributed by atoms with E-state index in [-0.39, 0.29) is 11.9 Å². The van der Waals surface area contributed by atoms with Crippen LogP contribution < -0.4 is 20.5 Å². The third kappa shape index (κ3) is 5.31. The number of ether oxygens (including phenoxy) is 2. The summed E-state index contributed by atoms with van der Waals surface area (Å²) in [5, 5.41) is 3.17. The molecule has 0 bridgehead atoms.